The highest BCUT2D eigenvalue weighted by Crippen LogP contribution is 2.59. The molecule has 0 aromatic rings. The second kappa shape index (κ2) is 18.7. The maximum absolute atomic E-state index is 12.2. The summed E-state index contributed by atoms with van der Waals surface area (Å²) in [5.74, 6) is -0.406. The number of hydrogen-bond acceptors (Lipinski definition) is 12. The van der Waals surface area contributed by atoms with Gasteiger partial charge in [-0.25, -0.2) is 14.4 Å². The van der Waals surface area contributed by atoms with Crippen molar-refractivity contribution < 1.29 is 57.4 Å². The average Bonchev–Trinajstić information content (AvgIpc) is 4.12. The van der Waals surface area contributed by atoms with Crippen molar-refractivity contribution in [2.45, 2.75) is 228 Å². The largest absolute Gasteiger partial charge is 0.463 e. The SMILES string of the molecule is C=C(C)C(=O)OC1(C2CC3(CC)CCC2O3)CCCC1.C=C(C)C(=O)OC1(C2CC3(CO)CCC2O3)CCCC1.C=C(C)C(=O)OC1(C2CC3CCC2(COC(C)=O)O3)CCCC1. The zero-order valence-electron chi connectivity index (χ0n) is 39.0. The van der Waals surface area contributed by atoms with E-state index in [4.69, 9.17) is 33.2 Å². The van der Waals surface area contributed by atoms with Crippen molar-refractivity contribution in [2.24, 2.45) is 17.8 Å². The van der Waals surface area contributed by atoms with Crippen molar-refractivity contribution in [2.75, 3.05) is 13.2 Å². The van der Waals surface area contributed by atoms with Gasteiger partial charge in [0, 0.05) is 41.4 Å². The minimum atomic E-state index is -0.495. The second-order valence-corrected chi connectivity index (χ2v) is 21.1. The average molecular weight is 881 g/mol. The monoisotopic (exact) mass is 881 g/mol. The highest BCUT2D eigenvalue weighted by atomic mass is 16.6. The fourth-order valence-corrected chi connectivity index (χ4v) is 13.5. The van der Waals surface area contributed by atoms with E-state index in [0.717, 1.165) is 135 Å². The molecule has 0 aromatic carbocycles. The third-order valence-corrected chi connectivity index (χ3v) is 16.8. The fourth-order valence-electron chi connectivity index (χ4n) is 13.5. The lowest BCUT2D eigenvalue weighted by molar-refractivity contribution is -0.178. The minimum Gasteiger partial charge on any atom is -0.463 e. The first kappa shape index (κ1) is 47.9. The molecular formula is C51H76O12. The van der Waals surface area contributed by atoms with Gasteiger partial charge in [-0.3, -0.25) is 4.79 Å². The first-order valence-corrected chi connectivity index (χ1v) is 24.3. The van der Waals surface area contributed by atoms with Crippen LogP contribution in [0, 0.1) is 17.8 Å². The minimum absolute atomic E-state index is 0.0700. The summed E-state index contributed by atoms with van der Waals surface area (Å²) in [6, 6.07) is 0. The van der Waals surface area contributed by atoms with Crippen molar-refractivity contribution >= 4 is 23.9 Å². The Hall–Kier alpha value is -3.06. The predicted molar refractivity (Wildman–Crippen MR) is 235 cm³/mol. The summed E-state index contributed by atoms with van der Waals surface area (Å²) in [6.07, 6.45) is 22.7. The van der Waals surface area contributed by atoms with Gasteiger partial charge in [0.25, 0.3) is 0 Å². The van der Waals surface area contributed by atoms with Crippen molar-refractivity contribution in [3.63, 3.8) is 0 Å². The number of aliphatic hydroxyl groups excluding tert-OH is 1. The molecular weight excluding hydrogens is 805 g/mol. The predicted octanol–water partition coefficient (Wildman–Crippen LogP) is 9.03. The Labute approximate surface area is 375 Å². The summed E-state index contributed by atoms with van der Waals surface area (Å²) in [4.78, 5) is 47.5. The highest BCUT2D eigenvalue weighted by molar-refractivity contribution is 5.88. The Morgan fingerprint density at radius 3 is 1.41 bits per heavy atom. The van der Waals surface area contributed by atoms with Crippen LogP contribution in [0.5, 0.6) is 0 Å². The van der Waals surface area contributed by atoms with E-state index in [1.54, 1.807) is 20.8 Å². The van der Waals surface area contributed by atoms with Gasteiger partial charge in [0.2, 0.25) is 0 Å². The van der Waals surface area contributed by atoms with Gasteiger partial charge >= 0.3 is 23.9 Å². The number of hydrogen-bond donors (Lipinski definition) is 1. The molecule has 6 aliphatic heterocycles. The van der Waals surface area contributed by atoms with Crippen molar-refractivity contribution in [3.8, 4) is 0 Å². The van der Waals surface area contributed by atoms with Crippen molar-refractivity contribution in [1.82, 2.24) is 0 Å². The number of aliphatic hydroxyl groups is 1. The Kier molecular flexibility index (Phi) is 14.2. The van der Waals surface area contributed by atoms with Crippen LogP contribution < -0.4 is 0 Å². The van der Waals surface area contributed by atoms with Crippen LogP contribution in [0.15, 0.2) is 36.5 Å². The normalized spacial score (nSPS) is 36.7. The van der Waals surface area contributed by atoms with Crippen molar-refractivity contribution in [3.05, 3.63) is 36.5 Å². The lowest BCUT2D eigenvalue weighted by atomic mass is 9.68. The lowest BCUT2D eigenvalue weighted by Gasteiger charge is -2.43. The van der Waals surface area contributed by atoms with E-state index in [9.17, 15) is 24.3 Å². The highest BCUT2D eigenvalue weighted by Gasteiger charge is 2.64. The van der Waals surface area contributed by atoms with E-state index in [0.29, 0.717) is 28.7 Å². The Morgan fingerprint density at radius 2 is 1.02 bits per heavy atom. The molecule has 9 unspecified atom stereocenters. The molecule has 6 bridgehead atoms. The number of carbonyl (C=O) groups is 4. The standard InChI is InChI=1S/C18H26O5.C17H26O3.C16H24O4/c1-12(2)16(20)23-17(7-4-5-8-17)15-10-14-6-9-18(15,22-14)11-21-13(3)19;1-4-16-10-7-14(19-16)13(11-16)17(8-5-6-9-17)20-15(18)12(2)3;1-11(2)14(18)20-16(6-3-4-7-16)12-9-15(10-17)8-5-13(12)19-15/h14-15H,1,4-11H2,2-3H3;13-14H,2,4-11H2,1,3H3;12-13,17H,1,3-10H2,2H3. The van der Waals surface area contributed by atoms with E-state index < -0.39 is 16.8 Å². The number of fused-ring (bicyclic) bond motifs is 6. The molecule has 0 amide bonds. The van der Waals surface area contributed by atoms with Gasteiger partial charge in [0.15, 0.2) is 0 Å². The van der Waals surface area contributed by atoms with Crippen LogP contribution >= 0.6 is 0 Å². The molecule has 3 aliphatic carbocycles. The summed E-state index contributed by atoms with van der Waals surface area (Å²) < 4.78 is 41.7. The molecule has 0 radical (unpaired) electrons. The van der Waals surface area contributed by atoms with E-state index in [2.05, 4.69) is 26.7 Å². The third-order valence-electron chi connectivity index (χ3n) is 16.8. The van der Waals surface area contributed by atoms with E-state index in [-0.39, 0.29) is 77.9 Å². The van der Waals surface area contributed by atoms with Crippen LogP contribution in [-0.2, 0) is 52.3 Å². The molecule has 9 rings (SSSR count). The molecule has 3 saturated carbocycles. The maximum Gasteiger partial charge on any atom is 0.333 e. The van der Waals surface area contributed by atoms with Gasteiger partial charge in [0.05, 0.1) is 36.1 Å². The zero-order valence-corrected chi connectivity index (χ0v) is 39.0. The molecule has 63 heavy (non-hydrogen) atoms. The van der Waals surface area contributed by atoms with Gasteiger partial charge < -0.3 is 38.3 Å². The summed E-state index contributed by atoms with van der Waals surface area (Å²) in [5, 5.41) is 9.61. The van der Waals surface area contributed by atoms with Crippen LogP contribution in [0.2, 0.25) is 0 Å². The number of esters is 4. The molecule has 0 aromatic heterocycles. The quantitative estimate of drug-likeness (QED) is 0.107. The zero-order chi connectivity index (χ0) is 45.4. The lowest BCUT2D eigenvalue weighted by Crippen LogP contribution is -2.53. The molecule has 9 fully saturated rings. The van der Waals surface area contributed by atoms with Gasteiger partial charge in [0.1, 0.15) is 29.0 Å². The van der Waals surface area contributed by atoms with Crippen LogP contribution in [0.25, 0.3) is 0 Å². The van der Waals surface area contributed by atoms with Crippen LogP contribution in [-0.4, -0.2) is 94.1 Å². The summed E-state index contributed by atoms with van der Waals surface area (Å²) in [6.45, 7) is 20.2. The van der Waals surface area contributed by atoms with Gasteiger partial charge in [-0.1, -0.05) is 26.7 Å². The topological polar surface area (TPSA) is 153 Å². The van der Waals surface area contributed by atoms with Crippen LogP contribution in [0.4, 0.5) is 0 Å². The molecule has 352 valence electrons. The fraction of sp³-hybridized carbons (Fsp3) is 0.804. The molecule has 12 heteroatoms. The third kappa shape index (κ3) is 9.48. The molecule has 6 heterocycles. The number of ether oxygens (including phenoxy) is 7. The molecule has 9 aliphatic rings. The molecule has 6 saturated heterocycles. The maximum atomic E-state index is 12.2. The Morgan fingerprint density at radius 1 is 0.587 bits per heavy atom. The molecule has 12 nitrogen and oxygen atoms in total. The molecule has 1 N–H and O–H groups in total. The van der Waals surface area contributed by atoms with Crippen LogP contribution in [0.1, 0.15) is 176 Å². The Balaban J connectivity index is 0.000000142. The summed E-state index contributed by atoms with van der Waals surface area (Å²) in [7, 11) is 0. The van der Waals surface area contributed by atoms with Gasteiger partial charge in [-0.05, 0) is 162 Å². The number of carbonyl (C=O) groups excluding carboxylic acids is 4. The molecule has 9 atom stereocenters. The summed E-state index contributed by atoms with van der Waals surface area (Å²) in [5.41, 5.74) is -0.573. The van der Waals surface area contributed by atoms with E-state index in [1.807, 2.05) is 0 Å². The van der Waals surface area contributed by atoms with Crippen molar-refractivity contribution in [1.29, 1.82) is 0 Å². The van der Waals surface area contributed by atoms with Gasteiger partial charge in [-0.15, -0.1) is 0 Å². The summed E-state index contributed by atoms with van der Waals surface area (Å²) >= 11 is 0. The first-order valence-electron chi connectivity index (χ1n) is 24.3. The van der Waals surface area contributed by atoms with Crippen LogP contribution in [0.3, 0.4) is 0 Å². The number of rotatable bonds is 13. The van der Waals surface area contributed by atoms with E-state index >= 15 is 0 Å². The molecule has 0 spiro atoms. The van der Waals surface area contributed by atoms with E-state index in [1.165, 1.54) is 13.3 Å². The smallest absolute Gasteiger partial charge is 0.333 e. The van der Waals surface area contributed by atoms with Gasteiger partial charge in [-0.2, -0.15) is 0 Å². The Bertz CT molecular complexity index is 1690. The second-order valence-electron chi connectivity index (χ2n) is 21.1. The first-order chi connectivity index (χ1) is 29.9.